The van der Waals surface area contributed by atoms with Gasteiger partial charge in [0, 0.05) is 6.42 Å². The third-order valence-corrected chi connectivity index (χ3v) is 4.40. The fourth-order valence-corrected chi connectivity index (χ4v) is 2.50. The number of hydrogen-bond acceptors (Lipinski definition) is 5. The van der Waals surface area contributed by atoms with Gasteiger partial charge in [-0.1, -0.05) is 79.3 Å². The van der Waals surface area contributed by atoms with Crippen LogP contribution in [0.15, 0.2) is 72.4 Å². The van der Waals surface area contributed by atoms with Gasteiger partial charge in [0.15, 0.2) is 0 Å². The Morgan fingerprint density at radius 1 is 0.818 bits per heavy atom. The predicted octanol–water partition coefficient (Wildman–Crippen LogP) is 5.73. The number of allylic oxidation sites excluding steroid dienone is 11. The first kappa shape index (κ1) is 30.0. The highest BCUT2D eigenvalue weighted by molar-refractivity contribution is 5.89. The van der Waals surface area contributed by atoms with Gasteiger partial charge in [-0.25, -0.2) is 4.79 Å². The molecule has 182 valence electrons. The van der Waals surface area contributed by atoms with E-state index in [9.17, 15) is 14.4 Å². The average molecular weight is 458 g/mol. The van der Waals surface area contributed by atoms with Crippen LogP contribution in [0.3, 0.4) is 0 Å². The molecule has 0 saturated carbocycles. The van der Waals surface area contributed by atoms with Crippen LogP contribution in [0.4, 0.5) is 0 Å². The standard InChI is InChI=1S/C27H39NO5/c1-3-4-5-15-18-23(2)19-16-13-11-9-7-6-8-10-12-14-17-20-26(31)33-27(32)24(28)21-22-25(29)30/h4-5,7-10,13-14,16-18,24H,3,6,11-12,15,19-22,28H2,1-2H3,(H,29,30). The number of carbonyl (C=O) groups is 3. The number of rotatable bonds is 17. The van der Waals surface area contributed by atoms with Crippen molar-refractivity contribution in [3.63, 3.8) is 0 Å². The molecule has 0 aliphatic heterocycles. The fraction of sp³-hybridized carbons (Fsp3) is 0.444. The van der Waals surface area contributed by atoms with E-state index < -0.39 is 23.9 Å². The summed E-state index contributed by atoms with van der Waals surface area (Å²) < 4.78 is 4.60. The first-order valence-corrected chi connectivity index (χ1v) is 11.5. The number of carbonyl (C=O) groups excluding carboxylic acids is 2. The van der Waals surface area contributed by atoms with Crippen molar-refractivity contribution >= 4 is 17.9 Å². The molecule has 0 aromatic rings. The molecule has 0 fully saturated rings. The van der Waals surface area contributed by atoms with Gasteiger partial charge in [-0.2, -0.15) is 0 Å². The third kappa shape index (κ3) is 20.7. The highest BCUT2D eigenvalue weighted by atomic mass is 16.6. The smallest absolute Gasteiger partial charge is 0.330 e. The van der Waals surface area contributed by atoms with E-state index in [0.717, 1.165) is 32.1 Å². The summed E-state index contributed by atoms with van der Waals surface area (Å²) in [6.07, 6.45) is 27.9. The van der Waals surface area contributed by atoms with Gasteiger partial charge in [-0.15, -0.1) is 0 Å². The summed E-state index contributed by atoms with van der Waals surface area (Å²) in [5, 5.41) is 8.56. The van der Waals surface area contributed by atoms with Gasteiger partial charge in [0.05, 0.1) is 6.42 Å². The summed E-state index contributed by atoms with van der Waals surface area (Å²) in [7, 11) is 0. The average Bonchev–Trinajstić information content (AvgIpc) is 2.78. The Kier molecular flexibility index (Phi) is 19.0. The first-order valence-electron chi connectivity index (χ1n) is 11.5. The minimum Gasteiger partial charge on any atom is -0.481 e. The maximum Gasteiger partial charge on any atom is 0.330 e. The lowest BCUT2D eigenvalue weighted by Gasteiger charge is -2.08. The number of esters is 2. The molecule has 0 amide bonds. The molecule has 6 heteroatoms. The van der Waals surface area contributed by atoms with Crippen LogP contribution in [0, 0.1) is 0 Å². The zero-order valence-corrected chi connectivity index (χ0v) is 19.9. The minimum atomic E-state index is -1.11. The van der Waals surface area contributed by atoms with Crippen LogP contribution in [0.5, 0.6) is 0 Å². The molecule has 3 N–H and O–H groups in total. The number of aliphatic carboxylic acids is 1. The number of hydrogen-bond donors (Lipinski definition) is 2. The van der Waals surface area contributed by atoms with Gasteiger partial charge >= 0.3 is 17.9 Å². The third-order valence-electron chi connectivity index (χ3n) is 4.40. The number of carboxylic acids is 1. The van der Waals surface area contributed by atoms with Gasteiger partial charge < -0.3 is 15.6 Å². The molecule has 6 nitrogen and oxygen atoms in total. The Balaban J connectivity index is 3.88. The van der Waals surface area contributed by atoms with Crippen molar-refractivity contribution in [3.8, 4) is 0 Å². The molecule has 1 atom stereocenters. The maximum absolute atomic E-state index is 11.6. The summed E-state index contributed by atoms with van der Waals surface area (Å²) in [6, 6.07) is -1.11. The Labute approximate surface area is 198 Å². The molecule has 0 rings (SSSR count). The van der Waals surface area contributed by atoms with E-state index in [1.54, 1.807) is 6.08 Å². The summed E-state index contributed by atoms with van der Waals surface area (Å²) in [4.78, 5) is 33.6. The highest BCUT2D eigenvalue weighted by Crippen LogP contribution is 2.04. The van der Waals surface area contributed by atoms with Gasteiger partial charge in [-0.3, -0.25) is 9.59 Å². The number of ether oxygens (including phenoxy) is 1. The maximum atomic E-state index is 11.6. The second-order valence-corrected chi connectivity index (χ2v) is 7.50. The van der Waals surface area contributed by atoms with Crippen LogP contribution >= 0.6 is 0 Å². The lowest BCUT2D eigenvalue weighted by Crippen LogP contribution is -2.34. The van der Waals surface area contributed by atoms with E-state index in [4.69, 9.17) is 10.8 Å². The Bertz CT molecular complexity index is 756. The highest BCUT2D eigenvalue weighted by Gasteiger charge is 2.19. The molecule has 0 aromatic heterocycles. The second kappa shape index (κ2) is 20.9. The fourth-order valence-electron chi connectivity index (χ4n) is 2.50. The van der Waals surface area contributed by atoms with E-state index in [2.05, 4.69) is 61.1 Å². The van der Waals surface area contributed by atoms with Crippen molar-refractivity contribution in [1.29, 1.82) is 0 Å². The molecule has 0 aliphatic rings. The normalized spacial score (nSPS) is 13.7. The lowest BCUT2D eigenvalue weighted by atomic mass is 10.1. The van der Waals surface area contributed by atoms with Crippen molar-refractivity contribution in [2.75, 3.05) is 0 Å². The summed E-state index contributed by atoms with van der Waals surface area (Å²) in [6.45, 7) is 4.29. The van der Waals surface area contributed by atoms with Crippen LogP contribution < -0.4 is 5.73 Å². The zero-order valence-electron chi connectivity index (χ0n) is 19.9. The summed E-state index contributed by atoms with van der Waals surface area (Å²) in [5.41, 5.74) is 6.87. The number of carboxylic acid groups (broad SMARTS) is 1. The van der Waals surface area contributed by atoms with Gasteiger partial charge in [0.2, 0.25) is 0 Å². The Morgan fingerprint density at radius 2 is 1.33 bits per heavy atom. The molecule has 0 aliphatic carbocycles. The number of nitrogens with two attached hydrogens (primary N) is 1. The predicted molar refractivity (Wildman–Crippen MR) is 133 cm³/mol. The molecule has 0 heterocycles. The van der Waals surface area contributed by atoms with Gasteiger partial charge in [0.25, 0.3) is 0 Å². The Morgan fingerprint density at radius 3 is 1.88 bits per heavy atom. The van der Waals surface area contributed by atoms with Gasteiger partial charge in [0.1, 0.15) is 6.04 Å². The molecule has 0 spiro atoms. The van der Waals surface area contributed by atoms with Crippen LogP contribution in [0.25, 0.3) is 0 Å². The minimum absolute atomic E-state index is 0.0401. The van der Waals surface area contributed by atoms with Crippen LogP contribution in [0.2, 0.25) is 0 Å². The molecular formula is C27H39NO5. The Hall–Kier alpha value is -2.99. The van der Waals surface area contributed by atoms with Crippen molar-refractivity contribution in [1.82, 2.24) is 0 Å². The van der Waals surface area contributed by atoms with Crippen molar-refractivity contribution in [2.24, 2.45) is 5.73 Å². The van der Waals surface area contributed by atoms with Crippen LogP contribution in [-0.4, -0.2) is 29.1 Å². The first-order chi connectivity index (χ1) is 15.9. The zero-order chi connectivity index (χ0) is 24.7. The molecule has 33 heavy (non-hydrogen) atoms. The van der Waals surface area contributed by atoms with Gasteiger partial charge in [-0.05, 0) is 51.9 Å². The van der Waals surface area contributed by atoms with Crippen LogP contribution in [0.1, 0.15) is 71.6 Å². The topological polar surface area (TPSA) is 107 Å². The molecule has 0 aromatic carbocycles. The lowest BCUT2D eigenvalue weighted by molar-refractivity contribution is -0.160. The van der Waals surface area contributed by atoms with E-state index in [0.29, 0.717) is 6.42 Å². The van der Waals surface area contributed by atoms with Crippen LogP contribution in [-0.2, 0) is 19.1 Å². The van der Waals surface area contributed by atoms with E-state index in [1.165, 1.54) is 5.57 Å². The molecule has 0 radical (unpaired) electrons. The largest absolute Gasteiger partial charge is 0.481 e. The second-order valence-electron chi connectivity index (χ2n) is 7.50. The van der Waals surface area contributed by atoms with E-state index in [-0.39, 0.29) is 19.3 Å². The van der Waals surface area contributed by atoms with Crippen molar-refractivity contribution in [2.45, 2.75) is 77.7 Å². The molecule has 1 unspecified atom stereocenters. The van der Waals surface area contributed by atoms with Crippen molar-refractivity contribution in [3.05, 3.63) is 72.4 Å². The summed E-state index contributed by atoms with van der Waals surface area (Å²) in [5.74, 6) is -2.67. The molecule has 0 bridgehead atoms. The van der Waals surface area contributed by atoms with E-state index in [1.807, 2.05) is 18.2 Å². The quantitative estimate of drug-likeness (QED) is 0.164. The summed E-state index contributed by atoms with van der Waals surface area (Å²) >= 11 is 0. The monoisotopic (exact) mass is 457 g/mol. The SMILES string of the molecule is CCC=CCC=C(C)CC=CCC=CCC=CCC=CCC(=O)OC(=O)C(N)CCC(=O)O. The molecular weight excluding hydrogens is 418 g/mol. The van der Waals surface area contributed by atoms with E-state index >= 15 is 0 Å². The molecule has 0 saturated heterocycles. The van der Waals surface area contributed by atoms with Crippen molar-refractivity contribution < 1.29 is 24.2 Å².